The number of halogens is 2. The fourth-order valence-electron chi connectivity index (χ4n) is 3.64. The van der Waals surface area contributed by atoms with Gasteiger partial charge in [0.05, 0.1) is 23.7 Å². The zero-order valence-electron chi connectivity index (χ0n) is 13.8. The lowest BCUT2D eigenvalue weighted by molar-refractivity contribution is 0.0973. The van der Waals surface area contributed by atoms with Crippen molar-refractivity contribution in [2.75, 3.05) is 13.1 Å². The van der Waals surface area contributed by atoms with E-state index in [0.717, 1.165) is 30.5 Å². The Morgan fingerprint density at radius 2 is 1.80 bits per heavy atom. The summed E-state index contributed by atoms with van der Waals surface area (Å²) in [5.41, 5.74) is 0.620. The first kappa shape index (κ1) is 17.5. The highest BCUT2D eigenvalue weighted by molar-refractivity contribution is 5.28. The Labute approximate surface area is 146 Å². The van der Waals surface area contributed by atoms with Crippen molar-refractivity contribution >= 4 is 0 Å². The van der Waals surface area contributed by atoms with E-state index in [0.29, 0.717) is 6.54 Å². The minimum Gasteiger partial charge on any atom is -0.387 e. The van der Waals surface area contributed by atoms with Gasteiger partial charge in [-0.25, -0.2) is 8.78 Å². The van der Waals surface area contributed by atoms with E-state index in [2.05, 4.69) is 6.07 Å². The van der Waals surface area contributed by atoms with Crippen LogP contribution in [-0.4, -0.2) is 29.1 Å². The molecule has 3 rings (SSSR count). The van der Waals surface area contributed by atoms with Crippen LogP contribution in [0.25, 0.3) is 0 Å². The summed E-state index contributed by atoms with van der Waals surface area (Å²) < 4.78 is 27.8. The zero-order chi connectivity index (χ0) is 17.8. The number of aliphatic hydroxyl groups is 1. The van der Waals surface area contributed by atoms with Crippen LogP contribution < -0.4 is 0 Å². The molecule has 1 N–H and O–H groups in total. The highest BCUT2D eigenvalue weighted by Gasteiger charge is 2.34. The van der Waals surface area contributed by atoms with E-state index >= 15 is 0 Å². The summed E-state index contributed by atoms with van der Waals surface area (Å²) in [5, 5.41) is 20.0. The van der Waals surface area contributed by atoms with Crippen LogP contribution in [0.5, 0.6) is 0 Å². The highest BCUT2D eigenvalue weighted by atomic mass is 19.1. The smallest absolute Gasteiger partial charge is 0.131 e. The summed E-state index contributed by atoms with van der Waals surface area (Å²) in [6, 6.07) is 15.4. The standard InChI is InChI=1S/C20H20F2N2O/c21-16-8-4-9-17(22)20(16)19(25)13-24-11-5-10-18(24)15(12-23)14-6-2-1-3-7-14/h1-4,6-9,15,18-19,25H,5,10-11,13H2. The second-order valence-electron chi connectivity index (χ2n) is 6.37. The predicted molar refractivity (Wildman–Crippen MR) is 90.7 cm³/mol. The Hall–Kier alpha value is -2.29. The topological polar surface area (TPSA) is 47.3 Å². The molecule has 2 aromatic rings. The number of nitrogens with zero attached hydrogens (tertiary/aromatic N) is 2. The van der Waals surface area contributed by atoms with Crippen LogP contribution >= 0.6 is 0 Å². The van der Waals surface area contributed by atoms with E-state index in [1.54, 1.807) is 0 Å². The normalized spacial score (nSPS) is 20.2. The van der Waals surface area contributed by atoms with Crippen LogP contribution in [0.3, 0.4) is 0 Å². The van der Waals surface area contributed by atoms with Gasteiger partial charge in [0, 0.05) is 12.6 Å². The quantitative estimate of drug-likeness (QED) is 0.900. The molecule has 130 valence electrons. The number of hydrogen-bond donors (Lipinski definition) is 1. The maximum absolute atomic E-state index is 13.9. The van der Waals surface area contributed by atoms with Crippen LogP contribution in [-0.2, 0) is 0 Å². The summed E-state index contributed by atoms with van der Waals surface area (Å²) in [6.07, 6.45) is 0.443. The minimum atomic E-state index is -1.27. The van der Waals surface area contributed by atoms with E-state index in [1.165, 1.54) is 6.07 Å². The molecule has 5 heteroatoms. The van der Waals surface area contributed by atoms with Crippen molar-refractivity contribution in [1.82, 2.24) is 4.90 Å². The first-order valence-corrected chi connectivity index (χ1v) is 8.42. The van der Waals surface area contributed by atoms with Gasteiger partial charge in [0.25, 0.3) is 0 Å². The Kier molecular flexibility index (Phi) is 5.42. The van der Waals surface area contributed by atoms with Crippen LogP contribution in [0.15, 0.2) is 48.5 Å². The summed E-state index contributed by atoms with van der Waals surface area (Å²) in [5.74, 6) is -1.83. The lowest BCUT2D eigenvalue weighted by Crippen LogP contribution is -2.37. The molecule has 0 amide bonds. The molecule has 3 nitrogen and oxygen atoms in total. The van der Waals surface area contributed by atoms with Gasteiger partial charge in [-0.15, -0.1) is 0 Å². The third kappa shape index (κ3) is 3.71. The molecule has 1 heterocycles. The van der Waals surface area contributed by atoms with Crippen molar-refractivity contribution in [2.24, 2.45) is 0 Å². The lowest BCUT2D eigenvalue weighted by Gasteiger charge is -2.30. The van der Waals surface area contributed by atoms with Gasteiger partial charge in [0.2, 0.25) is 0 Å². The SMILES string of the molecule is N#CC(c1ccccc1)C1CCCN1CC(O)c1c(F)cccc1F. The fourth-order valence-corrected chi connectivity index (χ4v) is 3.64. The van der Waals surface area contributed by atoms with Gasteiger partial charge in [-0.1, -0.05) is 36.4 Å². The van der Waals surface area contributed by atoms with Gasteiger partial charge >= 0.3 is 0 Å². The largest absolute Gasteiger partial charge is 0.387 e. The van der Waals surface area contributed by atoms with Gasteiger partial charge < -0.3 is 5.11 Å². The Balaban J connectivity index is 1.79. The van der Waals surface area contributed by atoms with Crippen molar-refractivity contribution in [3.63, 3.8) is 0 Å². The van der Waals surface area contributed by atoms with E-state index in [4.69, 9.17) is 0 Å². The summed E-state index contributed by atoms with van der Waals surface area (Å²) in [4.78, 5) is 1.97. The molecular weight excluding hydrogens is 322 g/mol. The molecular formula is C20H20F2N2O. The molecule has 1 aliphatic rings. The Morgan fingerprint density at radius 1 is 1.12 bits per heavy atom. The lowest BCUT2D eigenvalue weighted by atomic mass is 9.91. The van der Waals surface area contributed by atoms with Crippen molar-refractivity contribution < 1.29 is 13.9 Å². The molecule has 0 radical (unpaired) electrons. The molecule has 2 aromatic carbocycles. The molecule has 0 bridgehead atoms. The van der Waals surface area contributed by atoms with Crippen molar-refractivity contribution in [3.05, 3.63) is 71.3 Å². The van der Waals surface area contributed by atoms with Crippen LogP contribution in [0.4, 0.5) is 8.78 Å². The van der Waals surface area contributed by atoms with Gasteiger partial charge in [-0.3, -0.25) is 4.90 Å². The minimum absolute atomic E-state index is 0.0723. The number of rotatable bonds is 5. The van der Waals surface area contributed by atoms with E-state index in [9.17, 15) is 19.1 Å². The first-order chi connectivity index (χ1) is 12.1. The third-order valence-electron chi connectivity index (χ3n) is 4.84. The van der Waals surface area contributed by atoms with E-state index < -0.39 is 17.7 Å². The number of nitriles is 1. The second kappa shape index (κ2) is 7.73. The van der Waals surface area contributed by atoms with E-state index in [1.807, 2.05) is 35.2 Å². The summed E-state index contributed by atoms with van der Waals surface area (Å²) >= 11 is 0. The number of hydrogen-bond acceptors (Lipinski definition) is 3. The van der Waals surface area contributed by atoms with Crippen molar-refractivity contribution in [1.29, 1.82) is 5.26 Å². The number of β-amino-alcohol motifs (C(OH)–C–C–N with tert-alkyl or cyclic N) is 1. The monoisotopic (exact) mass is 342 g/mol. The van der Waals surface area contributed by atoms with Crippen LogP contribution in [0, 0.1) is 23.0 Å². The van der Waals surface area contributed by atoms with Crippen molar-refractivity contribution in [3.8, 4) is 6.07 Å². The molecule has 0 aliphatic carbocycles. The highest BCUT2D eigenvalue weighted by Crippen LogP contribution is 2.33. The average Bonchev–Trinajstić information content (AvgIpc) is 3.04. The maximum Gasteiger partial charge on any atom is 0.131 e. The number of likely N-dealkylation sites (tertiary alicyclic amines) is 1. The molecule has 1 aliphatic heterocycles. The fraction of sp³-hybridized carbons (Fsp3) is 0.350. The zero-order valence-corrected chi connectivity index (χ0v) is 13.8. The molecule has 0 saturated carbocycles. The predicted octanol–water partition coefficient (Wildman–Crippen LogP) is 3.77. The molecule has 1 saturated heterocycles. The number of aliphatic hydroxyl groups excluding tert-OH is 1. The van der Waals surface area contributed by atoms with Crippen LogP contribution in [0.1, 0.15) is 36.0 Å². The molecule has 3 atom stereocenters. The molecule has 0 spiro atoms. The van der Waals surface area contributed by atoms with Gasteiger partial charge in [0.1, 0.15) is 11.6 Å². The van der Waals surface area contributed by atoms with Crippen molar-refractivity contribution in [2.45, 2.75) is 30.9 Å². The third-order valence-corrected chi connectivity index (χ3v) is 4.84. The first-order valence-electron chi connectivity index (χ1n) is 8.42. The second-order valence-corrected chi connectivity index (χ2v) is 6.37. The average molecular weight is 342 g/mol. The van der Waals surface area contributed by atoms with Crippen LogP contribution in [0.2, 0.25) is 0 Å². The summed E-state index contributed by atoms with van der Waals surface area (Å²) in [7, 11) is 0. The Morgan fingerprint density at radius 3 is 2.44 bits per heavy atom. The molecule has 25 heavy (non-hydrogen) atoms. The summed E-state index contributed by atoms with van der Waals surface area (Å²) in [6.45, 7) is 0.802. The van der Waals surface area contributed by atoms with Gasteiger partial charge in [-0.05, 0) is 37.1 Å². The molecule has 3 unspecified atom stereocenters. The Bertz CT molecular complexity index is 740. The molecule has 0 aromatic heterocycles. The van der Waals surface area contributed by atoms with Gasteiger partial charge in [0.15, 0.2) is 0 Å². The van der Waals surface area contributed by atoms with E-state index in [-0.39, 0.29) is 24.1 Å². The van der Waals surface area contributed by atoms with Gasteiger partial charge in [-0.2, -0.15) is 5.26 Å². The molecule has 1 fully saturated rings. The number of benzene rings is 2. The maximum atomic E-state index is 13.9.